The molecule has 2 rings (SSSR count). The Kier molecular flexibility index (Phi) is 8.17. The molecule has 1 saturated heterocycles. The summed E-state index contributed by atoms with van der Waals surface area (Å²) in [5.41, 5.74) is 0.479. The molecule has 5 heteroatoms. The van der Waals surface area contributed by atoms with Gasteiger partial charge >= 0.3 is 0 Å². The van der Waals surface area contributed by atoms with E-state index in [0.29, 0.717) is 11.5 Å². The zero-order valence-corrected chi connectivity index (χ0v) is 15.0. The maximum Gasteiger partial charge on any atom is 0.191 e. The molecule has 0 amide bonds. The smallest absolute Gasteiger partial charge is 0.191 e. The van der Waals surface area contributed by atoms with Crippen LogP contribution in [-0.2, 0) is 9.47 Å². The Bertz CT molecular complexity index is 345. The molecule has 1 aliphatic heterocycles. The third-order valence-electron chi connectivity index (χ3n) is 5.17. The first kappa shape index (κ1) is 18.5. The fourth-order valence-corrected chi connectivity index (χ4v) is 3.26. The van der Waals surface area contributed by atoms with E-state index in [2.05, 4.69) is 24.5 Å². The van der Waals surface area contributed by atoms with E-state index < -0.39 is 0 Å². The summed E-state index contributed by atoms with van der Waals surface area (Å²) in [6.45, 7) is 9.59. The van der Waals surface area contributed by atoms with Crippen LogP contribution in [0.25, 0.3) is 0 Å². The van der Waals surface area contributed by atoms with Gasteiger partial charge in [0, 0.05) is 32.8 Å². The highest BCUT2D eigenvalue weighted by atomic mass is 16.5. The standard InChI is InChI=1S/C18H35N3O2/c1-3-18(9-6-10-18)15-21-17(19-4-2)20-11-7-12-22-14-16-8-5-13-23-16/h16H,3-15H2,1-2H3,(H2,19,20,21). The fourth-order valence-electron chi connectivity index (χ4n) is 3.26. The van der Waals surface area contributed by atoms with Gasteiger partial charge in [-0.2, -0.15) is 0 Å². The summed E-state index contributed by atoms with van der Waals surface area (Å²) in [7, 11) is 0. The van der Waals surface area contributed by atoms with Gasteiger partial charge in [0.15, 0.2) is 5.96 Å². The third kappa shape index (κ3) is 6.30. The molecule has 0 radical (unpaired) electrons. The lowest BCUT2D eigenvalue weighted by atomic mass is 9.67. The van der Waals surface area contributed by atoms with Crippen LogP contribution >= 0.6 is 0 Å². The van der Waals surface area contributed by atoms with Crippen molar-refractivity contribution in [3.63, 3.8) is 0 Å². The maximum absolute atomic E-state index is 5.69. The fraction of sp³-hybridized carbons (Fsp3) is 0.944. The van der Waals surface area contributed by atoms with Crippen LogP contribution in [0.2, 0.25) is 0 Å². The first-order valence-corrected chi connectivity index (χ1v) is 9.49. The van der Waals surface area contributed by atoms with Gasteiger partial charge in [0.05, 0.1) is 12.7 Å². The molecule has 1 saturated carbocycles. The van der Waals surface area contributed by atoms with Gasteiger partial charge in [0.2, 0.25) is 0 Å². The summed E-state index contributed by atoms with van der Waals surface area (Å²) in [6, 6.07) is 0. The van der Waals surface area contributed by atoms with Gasteiger partial charge in [-0.05, 0) is 50.9 Å². The monoisotopic (exact) mass is 325 g/mol. The molecule has 1 atom stereocenters. The van der Waals surface area contributed by atoms with Gasteiger partial charge in [-0.15, -0.1) is 0 Å². The van der Waals surface area contributed by atoms with E-state index in [1.165, 1.54) is 32.1 Å². The predicted octanol–water partition coefficient (Wildman–Crippen LogP) is 2.71. The summed E-state index contributed by atoms with van der Waals surface area (Å²) in [5.74, 6) is 0.950. The Hall–Kier alpha value is -0.810. The van der Waals surface area contributed by atoms with Crippen molar-refractivity contribution in [1.82, 2.24) is 10.6 Å². The number of ether oxygens (including phenoxy) is 2. The molecule has 0 spiro atoms. The van der Waals surface area contributed by atoms with Gasteiger partial charge in [0.1, 0.15) is 0 Å². The maximum atomic E-state index is 5.69. The zero-order valence-electron chi connectivity index (χ0n) is 15.0. The van der Waals surface area contributed by atoms with Crippen LogP contribution in [0.4, 0.5) is 0 Å². The molecular weight excluding hydrogens is 290 g/mol. The summed E-state index contributed by atoms with van der Waals surface area (Å²) in [5, 5.41) is 6.76. The van der Waals surface area contributed by atoms with Gasteiger partial charge in [-0.1, -0.05) is 13.3 Å². The Morgan fingerprint density at radius 3 is 2.74 bits per heavy atom. The predicted molar refractivity (Wildman–Crippen MR) is 95.0 cm³/mol. The van der Waals surface area contributed by atoms with Crippen LogP contribution in [0.3, 0.4) is 0 Å². The third-order valence-corrected chi connectivity index (χ3v) is 5.17. The van der Waals surface area contributed by atoms with Crippen molar-refractivity contribution < 1.29 is 9.47 Å². The number of nitrogens with one attached hydrogen (secondary N) is 2. The lowest BCUT2D eigenvalue weighted by Gasteiger charge is -2.40. The second-order valence-corrected chi connectivity index (χ2v) is 6.89. The molecule has 134 valence electrons. The highest BCUT2D eigenvalue weighted by Crippen LogP contribution is 2.43. The van der Waals surface area contributed by atoms with Crippen molar-refractivity contribution >= 4 is 5.96 Å². The van der Waals surface area contributed by atoms with E-state index in [-0.39, 0.29) is 0 Å². The van der Waals surface area contributed by atoms with Gasteiger partial charge < -0.3 is 20.1 Å². The van der Waals surface area contributed by atoms with Crippen LogP contribution in [0.5, 0.6) is 0 Å². The normalized spacial score (nSPS) is 23.6. The average molecular weight is 325 g/mol. The van der Waals surface area contributed by atoms with E-state index in [1.807, 2.05) is 0 Å². The molecule has 0 bridgehead atoms. The summed E-state index contributed by atoms with van der Waals surface area (Å²) >= 11 is 0. The Balaban J connectivity index is 1.58. The van der Waals surface area contributed by atoms with Crippen molar-refractivity contribution in [1.29, 1.82) is 0 Å². The van der Waals surface area contributed by atoms with Gasteiger partial charge in [-0.3, -0.25) is 4.99 Å². The molecule has 1 heterocycles. The second-order valence-electron chi connectivity index (χ2n) is 6.89. The highest BCUT2D eigenvalue weighted by molar-refractivity contribution is 5.79. The van der Waals surface area contributed by atoms with E-state index in [4.69, 9.17) is 14.5 Å². The summed E-state index contributed by atoms with van der Waals surface area (Å²) in [4.78, 5) is 4.79. The minimum absolute atomic E-state index is 0.328. The van der Waals surface area contributed by atoms with Crippen LogP contribution < -0.4 is 10.6 Å². The van der Waals surface area contributed by atoms with Crippen molar-refractivity contribution in [2.45, 2.75) is 64.9 Å². The van der Waals surface area contributed by atoms with E-state index in [0.717, 1.165) is 58.3 Å². The quantitative estimate of drug-likeness (QED) is 0.368. The lowest BCUT2D eigenvalue weighted by Crippen LogP contribution is -2.40. The minimum Gasteiger partial charge on any atom is -0.379 e. The second kappa shape index (κ2) is 10.1. The van der Waals surface area contributed by atoms with E-state index in [9.17, 15) is 0 Å². The first-order valence-electron chi connectivity index (χ1n) is 9.49. The molecule has 2 aliphatic rings. The summed E-state index contributed by atoms with van der Waals surface area (Å²) in [6.07, 6.45) is 8.94. The molecule has 23 heavy (non-hydrogen) atoms. The van der Waals surface area contributed by atoms with Crippen LogP contribution in [0.15, 0.2) is 4.99 Å². The van der Waals surface area contributed by atoms with Crippen molar-refractivity contribution in [2.24, 2.45) is 10.4 Å². The summed E-state index contributed by atoms with van der Waals surface area (Å²) < 4.78 is 11.2. The molecule has 0 aromatic rings. The topological polar surface area (TPSA) is 54.9 Å². The molecule has 5 nitrogen and oxygen atoms in total. The average Bonchev–Trinajstić information content (AvgIpc) is 3.03. The van der Waals surface area contributed by atoms with Crippen molar-refractivity contribution in [2.75, 3.05) is 39.5 Å². The molecule has 0 aromatic carbocycles. The first-order chi connectivity index (χ1) is 11.3. The molecular formula is C18H35N3O2. The van der Waals surface area contributed by atoms with Crippen LogP contribution in [0, 0.1) is 5.41 Å². The Morgan fingerprint density at radius 1 is 1.26 bits per heavy atom. The lowest BCUT2D eigenvalue weighted by molar-refractivity contribution is 0.0168. The van der Waals surface area contributed by atoms with Crippen LogP contribution in [0.1, 0.15) is 58.8 Å². The van der Waals surface area contributed by atoms with Crippen LogP contribution in [-0.4, -0.2) is 51.5 Å². The molecule has 1 aliphatic carbocycles. The van der Waals surface area contributed by atoms with Crippen molar-refractivity contribution in [3.8, 4) is 0 Å². The Morgan fingerprint density at radius 2 is 2.13 bits per heavy atom. The largest absolute Gasteiger partial charge is 0.379 e. The molecule has 2 fully saturated rings. The van der Waals surface area contributed by atoms with E-state index in [1.54, 1.807) is 0 Å². The number of rotatable bonds is 10. The number of guanidine groups is 1. The molecule has 2 N–H and O–H groups in total. The Labute approximate surface area is 141 Å². The molecule has 1 unspecified atom stereocenters. The minimum atomic E-state index is 0.328. The highest BCUT2D eigenvalue weighted by Gasteiger charge is 2.34. The molecule has 0 aromatic heterocycles. The van der Waals surface area contributed by atoms with Gasteiger partial charge in [0.25, 0.3) is 0 Å². The number of nitrogens with zero attached hydrogens (tertiary/aromatic N) is 1. The number of aliphatic imine (C=N–C) groups is 1. The van der Waals surface area contributed by atoms with Gasteiger partial charge in [-0.25, -0.2) is 0 Å². The zero-order chi connectivity index (χ0) is 16.4. The number of hydrogen-bond donors (Lipinski definition) is 2. The van der Waals surface area contributed by atoms with E-state index >= 15 is 0 Å². The SMILES string of the molecule is CCNC(=NCC1(CC)CCC1)NCCCOCC1CCCO1. The van der Waals surface area contributed by atoms with Crippen molar-refractivity contribution in [3.05, 3.63) is 0 Å². The number of hydrogen-bond acceptors (Lipinski definition) is 3.